The summed E-state index contributed by atoms with van der Waals surface area (Å²) in [7, 11) is 0. The Hall–Kier alpha value is -0.160. The second-order valence-electron chi connectivity index (χ2n) is 8.27. The van der Waals surface area contributed by atoms with Gasteiger partial charge < -0.3 is 6.92 Å². The summed E-state index contributed by atoms with van der Waals surface area (Å²) >= 11 is 0. The van der Waals surface area contributed by atoms with Crippen LogP contribution in [-0.4, -0.2) is 22.4 Å². The predicted molar refractivity (Wildman–Crippen MR) is 80.9 cm³/mol. The molecule has 0 N–H and O–H groups in total. The topological polar surface area (TPSA) is 36.9 Å². The van der Waals surface area contributed by atoms with Crippen LogP contribution in [0.2, 0.25) is 0 Å². The SMILES string of the molecule is [CH2-]C(C)(CCC(C)(C)OOC(C)(C)C)OOC(C)(C)C. The van der Waals surface area contributed by atoms with Gasteiger partial charge in [-0.15, -0.1) is 0 Å². The smallest absolute Gasteiger partial charge is 0.0980 e. The van der Waals surface area contributed by atoms with Gasteiger partial charge in [0.1, 0.15) is 0 Å². The van der Waals surface area contributed by atoms with Crippen LogP contribution in [0.4, 0.5) is 0 Å². The Morgan fingerprint density at radius 2 is 1.00 bits per heavy atom. The monoisotopic (exact) mass is 289 g/mol. The molecule has 4 nitrogen and oxygen atoms in total. The molecule has 1 unspecified atom stereocenters. The summed E-state index contributed by atoms with van der Waals surface area (Å²) in [6.45, 7) is 21.6. The standard InChI is InChI=1S/C16H33O4/c1-13(2,3)17-19-15(7,8)11-12-16(9,10)20-18-14(4,5)6/h7,11-12H2,1-6,8-10H3/q-1. The normalized spacial score (nSPS) is 17.1. The van der Waals surface area contributed by atoms with Gasteiger partial charge in [0.2, 0.25) is 0 Å². The summed E-state index contributed by atoms with van der Waals surface area (Å²) < 4.78 is 0. The Bertz CT molecular complexity index is 252. The van der Waals surface area contributed by atoms with Crippen LogP contribution in [0, 0.1) is 6.92 Å². The van der Waals surface area contributed by atoms with E-state index in [2.05, 4.69) is 6.92 Å². The van der Waals surface area contributed by atoms with Crippen molar-refractivity contribution in [2.45, 2.75) is 97.6 Å². The van der Waals surface area contributed by atoms with E-state index in [0.717, 1.165) is 6.42 Å². The molecule has 0 aromatic rings. The van der Waals surface area contributed by atoms with Crippen molar-refractivity contribution in [3.8, 4) is 0 Å². The molecule has 0 aromatic carbocycles. The van der Waals surface area contributed by atoms with E-state index < -0.39 is 11.2 Å². The van der Waals surface area contributed by atoms with Crippen LogP contribution in [0.3, 0.4) is 0 Å². The highest BCUT2D eigenvalue weighted by Gasteiger charge is 2.27. The summed E-state index contributed by atoms with van der Waals surface area (Å²) in [6, 6.07) is 0. The van der Waals surface area contributed by atoms with E-state index in [9.17, 15) is 0 Å². The first-order chi connectivity index (χ1) is 8.62. The Labute approximate surface area is 125 Å². The second kappa shape index (κ2) is 6.73. The molecule has 122 valence electrons. The molecule has 0 saturated carbocycles. The van der Waals surface area contributed by atoms with E-state index in [4.69, 9.17) is 19.6 Å². The molecule has 0 fully saturated rings. The average Bonchev–Trinajstić information content (AvgIpc) is 2.20. The molecule has 0 heterocycles. The van der Waals surface area contributed by atoms with Crippen molar-refractivity contribution < 1.29 is 19.6 Å². The molecule has 0 saturated heterocycles. The second-order valence-corrected chi connectivity index (χ2v) is 8.27. The Morgan fingerprint density at radius 3 is 1.40 bits per heavy atom. The van der Waals surface area contributed by atoms with Crippen molar-refractivity contribution in [3.05, 3.63) is 6.92 Å². The maximum atomic E-state index is 5.51. The maximum Gasteiger partial charge on any atom is 0.0980 e. The van der Waals surface area contributed by atoms with E-state index in [0.29, 0.717) is 6.42 Å². The van der Waals surface area contributed by atoms with Crippen molar-refractivity contribution in [3.63, 3.8) is 0 Å². The fourth-order valence-electron chi connectivity index (χ4n) is 1.11. The third kappa shape index (κ3) is 11.6. The molecule has 0 rings (SSSR count). The van der Waals surface area contributed by atoms with Crippen LogP contribution in [0.15, 0.2) is 0 Å². The highest BCUT2D eigenvalue weighted by molar-refractivity contribution is 4.81. The van der Waals surface area contributed by atoms with Gasteiger partial charge in [-0.05, 0) is 73.8 Å². The number of rotatable bonds is 7. The van der Waals surface area contributed by atoms with Crippen LogP contribution in [0.1, 0.15) is 75.2 Å². The van der Waals surface area contributed by atoms with Gasteiger partial charge in [0, 0.05) is 0 Å². The van der Waals surface area contributed by atoms with Gasteiger partial charge in [-0.2, -0.15) is 0 Å². The Morgan fingerprint density at radius 1 is 0.600 bits per heavy atom. The Balaban J connectivity index is 4.23. The summed E-state index contributed by atoms with van der Waals surface area (Å²) in [6.07, 6.45) is 1.44. The molecule has 0 amide bonds. The lowest BCUT2D eigenvalue weighted by atomic mass is 9.94. The number of hydrogen-bond donors (Lipinski definition) is 0. The molecule has 4 heteroatoms. The first-order valence-electron chi connectivity index (χ1n) is 7.21. The van der Waals surface area contributed by atoms with Crippen molar-refractivity contribution in [2.24, 2.45) is 0 Å². The highest BCUT2D eigenvalue weighted by Crippen LogP contribution is 2.27. The lowest BCUT2D eigenvalue weighted by Gasteiger charge is -2.37. The van der Waals surface area contributed by atoms with Gasteiger partial charge in [-0.1, -0.05) is 6.92 Å². The lowest BCUT2D eigenvalue weighted by molar-refractivity contribution is -0.407. The first-order valence-corrected chi connectivity index (χ1v) is 7.21. The summed E-state index contributed by atoms with van der Waals surface area (Å²) in [5, 5.41) is 0. The highest BCUT2D eigenvalue weighted by atomic mass is 17.2. The summed E-state index contributed by atoms with van der Waals surface area (Å²) in [5.74, 6) is 0. The van der Waals surface area contributed by atoms with Crippen LogP contribution in [0.25, 0.3) is 0 Å². The lowest BCUT2D eigenvalue weighted by Crippen LogP contribution is -2.35. The molecule has 0 aromatic heterocycles. The van der Waals surface area contributed by atoms with Crippen molar-refractivity contribution in [1.29, 1.82) is 0 Å². The molecule has 20 heavy (non-hydrogen) atoms. The minimum Gasteiger partial charge on any atom is -0.309 e. The molecule has 0 aliphatic carbocycles. The minimum absolute atomic E-state index is 0.323. The van der Waals surface area contributed by atoms with Crippen LogP contribution in [-0.2, 0) is 19.6 Å². The van der Waals surface area contributed by atoms with Crippen LogP contribution >= 0.6 is 0 Å². The van der Waals surface area contributed by atoms with Gasteiger partial charge in [0.25, 0.3) is 0 Å². The van der Waals surface area contributed by atoms with Crippen LogP contribution in [0.5, 0.6) is 0 Å². The quantitative estimate of drug-likeness (QED) is 0.389. The number of hydrogen-bond acceptors (Lipinski definition) is 4. The maximum absolute atomic E-state index is 5.51. The third-order valence-electron chi connectivity index (χ3n) is 2.27. The fourth-order valence-corrected chi connectivity index (χ4v) is 1.11. The van der Waals surface area contributed by atoms with Crippen molar-refractivity contribution >= 4 is 0 Å². The average molecular weight is 289 g/mol. The molecular formula is C16H33O4-. The summed E-state index contributed by atoms with van der Waals surface area (Å²) in [4.78, 5) is 21.7. The molecule has 0 bridgehead atoms. The first kappa shape index (κ1) is 19.8. The van der Waals surface area contributed by atoms with Crippen molar-refractivity contribution in [1.82, 2.24) is 0 Å². The predicted octanol–water partition coefficient (Wildman–Crippen LogP) is 4.63. The van der Waals surface area contributed by atoms with Crippen molar-refractivity contribution in [2.75, 3.05) is 0 Å². The zero-order chi connectivity index (χ0) is 16.2. The zero-order valence-corrected chi connectivity index (χ0v) is 14.8. The van der Waals surface area contributed by atoms with E-state index in [1.807, 2.05) is 62.3 Å². The van der Waals surface area contributed by atoms with E-state index in [-0.39, 0.29) is 11.2 Å². The van der Waals surface area contributed by atoms with Gasteiger partial charge in [0.05, 0.1) is 16.8 Å². The molecule has 0 aliphatic heterocycles. The largest absolute Gasteiger partial charge is 0.309 e. The third-order valence-corrected chi connectivity index (χ3v) is 2.27. The zero-order valence-electron chi connectivity index (χ0n) is 14.8. The van der Waals surface area contributed by atoms with Gasteiger partial charge in [0.15, 0.2) is 0 Å². The van der Waals surface area contributed by atoms with E-state index in [1.54, 1.807) is 0 Å². The van der Waals surface area contributed by atoms with E-state index >= 15 is 0 Å². The minimum atomic E-state index is -0.615. The molecule has 1 atom stereocenters. The molecular weight excluding hydrogens is 256 g/mol. The van der Waals surface area contributed by atoms with Gasteiger partial charge >= 0.3 is 0 Å². The van der Waals surface area contributed by atoms with E-state index in [1.165, 1.54) is 0 Å². The van der Waals surface area contributed by atoms with Crippen LogP contribution < -0.4 is 0 Å². The summed E-state index contributed by atoms with van der Waals surface area (Å²) in [5.41, 5.74) is -1.69. The molecule has 0 aliphatic rings. The van der Waals surface area contributed by atoms with Gasteiger partial charge in [-0.25, -0.2) is 14.7 Å². The molecule has 0 spiro atoms. The fraction of sp³-hybridized carbons (Fsp3) is 0.938. The Kier molecular flexibility index (Phi) is 6.68. The van der Waals surface area contributed by atoms with Gasteiger partial charge in [-0.3, -0.25) is 4.89 Å². The molecule has 0 radical (unpaired) electrons.